The lowest BCUT2D eigenvalue weighted by Crippen LogP contribution is -2.39. The highest BCUT2D eigenvalue weighted by atomic mass is 19.1. The Balaban J connectivity index is 1.68. The van der Waals surface area contributed by atoms with Crippen LogP contribution in [-0.2, 0) is 19.7 Å². The molecule has 0 aromatic heterocycles. The van der Waals surface area contributed by atoms with Gasteiger partial charge in [0.1, 0.15) is 5.82 Å². The summed E-state index contributed by atoms with van der Waals surface area (Å²) in [6, 6.07) is 13.4. The van der Waals surface area contributed by atoms with Crippen LogP contribution in [0.5, 0.6) is 0 Å². The topological polar surface area (TPSA) is 58.6 Å². The van der Waals surface area contributed by atoms with Crippen molar-refractivity contribution in [1.82, 2.24) is 0 Å². The molecule has 0 aliphatic heterocycles. The van der Waals surface area contributed by atoms with Gasteiger partial charge in [0.25, 0.3) is 5.91 Å². The van der Waals surface area contributed by atoms with Crippen molar-refractivity contribution >= 4 is 23.3 Å². The molecule has 0 spiro atoms. The van der Waals surface area contributed by atoms with Gasteiger partial charge in [-0.15, -0.1) is 0 Å². The van der Waals surface area contributed by atoms with Crippen molar-refractivity contribution in [2.45, 2.75) is 44.1 Å². The largest absolute Gasteiger partial charge is 0.452 e. The highest BCUT2D eigenvalue weighted by Gasteiger charge is 2.45. The average Bonchev–Trinajstić information content (AvgIpc) is 3.20. The van der Waals surface area contributed by atoms with Crippen LogP contribution in [0.25, 0.3) is 0 Å². The van der Waals surface area contributed by atoms with E-state index in [-0.39, 0.29) is 11.7 Å². The van der Waals surface area contributed by atoms with E-state index in [1.165, 1.54) is 12.1 Å². The van der Waals surface area contributed by atoms with E-state index in [9.17, 15) is 14.0 Å². The Bertz CT molecular complexity index is 857. The number of anilines is 2. The minimum atomic E-state index is -0.936. The molecule has 1 N–H and O–H groups in total. The lowest BCUT2D eigenvalue weighted by Gasteiger charge is -2.28. The molecule has 6 heteroatoms. The lowest BCUT2D eigenvalue weighted by molar-refractivity contribution is -0.159. The van der Waals surface area contributed by atoms with Crippen LogP contribution in [0, 0.1) is 5.82 Å². The Morgan fingerprint density at radius 1 is 1.03 bits per heavy atom. The molecule has 0 saturated heterocycles. The third kappa shape index (κ3) is 4.58. The molecule has 1 amide bonds. The monoisotopic (exact) mass is 398 g/mol. The molecule has 2 aromatic carbocycles. The van der Waals surface area contributed by atoms with Crippen molar-refractivity contribution < 1.29 is 18.7 Å². The third-order valence-electron chi connectivity index (χ3n) is 5.55. The Morgan fingerprint density at radius 2 is 1.62 bits per heavy atom. The second-order valence-corrected chi connectivity index (χ2v) is 7.77. The molecule has 0 unspecified atom stereocenters. The van der Waals surface area contributed by atoms with Crippen LogP contribution in [0.2, 0.25) is 0 Å². The maximum atomic E-state index is 13.3. The van der Waals surface area contributed by atoms with E-state index < -0.39 is 17.5 Å². The predicted molar refractivity (Wildman–Crippen MR) is 111 cm³/mol. The molecule has 1 aliphatic carbocycles. The van der Waals surface area contributed by atoms with Gasteiger partial charge in [0, 0.05) is 25.5 Å². The fourth-order valence-electron chi connectivity index (χ4n) is 3.77. The van der Waals surface area contributed by atoms with Crippen molar-refractivity contribution in [3.63, 3.8) is 0 Å². The highest BCUT2D eigenvalue weighted by Crippen LogP contribution is 2.42. The highest BCUT2D eigenvalue weighted by molar-refractivity contribution is 5.96. The molecule has 1 saturated carbocycles. The van der Waals surface area contributed by atoms with Gasteiger partial charge in [0.2, 0.25) is 0 Å². The first-order valence-electron chi connectivity index (χ1n) is 9.87. The quantitative estimate of drug-likeness (QED) is 0.738. The normalized spacial score (nSPS) is 16.1. The number of carbonyl (C=O) groups excluding carboxylic acids is 2. The van der Waals surface area contributed by atoms with E-state index in [0.29, 0.717) is 18.5 Å². The number of esters is 1. The smallest absolute Gasteiger partial charge is 0.317 e. The summed E-state index contributed by atoms with van der Waals surface area (Å²) >= 11 is 0. The molecule has 0 heterocycles. The van der Waals surface area contributed by atoms with Gasteiger partial charge in [-0.2, -0.15) is 0 Å². The molecule has 1 atom stereocenters. The summed E-state index contributed by atoms with van der Waals surface area (Å²) in [5, 5.41) is 2.78. The fourth-order valence-corrected chi connectivity index (χ4v) is 3.77. The molecule has 5 nitrogen and oxygen atoms in total. The van der Waals surface area contributed by atoms with Crippen LogP contribution in [0.3, 0.4) is 0 Å². The molecule has 1 fully saturated rings. The second-order valence-electron chi connectivity index (χ2n) is 7.77. The maximum Gasteiger partial charge on any atom is 0.317 e. The van der Waals surface area contributed by atoms with Crippen molar-refractivity contribution in [3.05, 3.63) is 59.9 Å². The number of nitrogens with zero attached hydrogens (tertiary/aromatic N) is 1. The Morgan fingerprint density at radius 3 is 2.17 bits per heavy atom. The predicted octanol–water partition coefficient (Wildman–Crippen LogP) is 4.27. The summed E-state index contributed by atoms with van der Waals surface area (Å²) in [6.45, 7) is 1.56. The summed E-state index contributed by atoms with van der Waals surface area (Å²) in [5.74, 6) is -1.15. The third-order valence-corrected chi connectivity index (χ3v) is 5.55. The van der Waals surface area contributed by atoms with Gasteiger partial charge in [-0.3, -0.25) is 9.59 Å². The van der Waals surface area contributed by atoms with E-state index in [0.717, 1.165) is 24.1 Å². The number of hydrogen-bond acceptors (Lipinski definition) is 4. The first kappa shape index (κ1) is 20.8. The SMILES string of the molecule is C[C@H](OC(=O)C1(c2ccc(F)cc2)CCCC1)C(=O)Nc1ccc(N(C)C)cc1. The Labute approximate surface area is 170 Å². The number of carbonyl (C=O) groups is 2. The molecular weight excluding hydrogens is 371 g/mol. The number of amides is 1. The summed E-state index contributed by atoms with van der Waals surface area (Å²) < 4.78 is 18.9. The molecule has 2 aromatic rings. The molecule has 0 bridgehead atoms. The van der Waals surface area contributed by atoms with E-state index >= 15 is 0 Å². The zero-order chi connectivity index (χ0) is 21.0. The summed E-state index contributed by atoms with van der Waals surface area (Å²) in [4.78, 5) is 27.5. The number of nitrogens with one attached hydrogen (secondary N) is 1. The van der Waals surface area contributed by atoms with Crippen LogP contribution in [0.15, 0.2) is 48.5 Å². The maximum absolute atomic E-state index is 13.3. The van der Waals surface area contributed by atoms with E-state index in [1.807, 2.05) is 31.1 Å². The average molecular weight is 398 g/mol. The van der Waals surface area contributed by atoms with E-state index in [1.54, 1.807) is 31.2 Å². The van der Waals surface area contributed by atoms with Crippen molar-refractivity contribution in [2.24, 2.45) is 0 Å². The first-order valence-corrected chi connectivity index (χ1v) is 9.87. The second kappa shape index (κ2) is 8.64. The molecule has 29 heavy (non-hydrogen) atoms. The number of ether oxygens (including phenoxy) is 1. The van der Waals surface area contributed by atoms with Gasteiger partial charge in [-0.05, 0) is 61.7 Å². The van der Waals surface area contributed by atoms with Gasteiger partial charge in [-0.25, -0.2) is 4.39 Å². The number of hydrogen-bond donors (Lipinski definition) is 1. The van der Waals surface area contributed by atoms with E-state index in [4.69, 9.17) is 4.74 Å². The van der Waals surface area contributed by atoms with Gasteiger partial charge >= 0.3 is 5.97 Å². The Kier molecular flexibility index (Phi) is 6.20. The van der Waals surface area contributed by atoms with E-state index in [2.05, 4.69) is 5.32 Å². The van der Waals surface area contributed by atoms with Crippen LogP contribution < -0.4 is 10.2 Å². The Hall–Kier alpha value is -2.89. The summed E-state index contributed by atoms with van der Waals surface area (Å²) in [7, 11) is 3.88. The minimum absolute atomic E-state index is 0.344. The standard InChI is InChI=1S/C23H27FN2O3/c1-16(21(27)25-19-10-12-20(13-11-19)26(2)3)29-22(28)23(14-4-5-15-23)17-6-8-18(24)9-7-17/h6-13,16H,4-5,14-15H2,1-3H3,(H,25,27)/t16-/m0/s1. The molecule has 154 valence electrons. The first-order chi connectivity index (χ1) is 13.8. The number of rotatable bonds is 6. The lowest BCUT2D eigenvalue weighted by atomic mass is 9.79. The minimum Gasteiger partial charge on any atom is -0.452 e. The van der Waals surface area contributed by atoms with Gasteiger partial charge in [0.05, 0.1) is 5.41 Å². The summed E-state index contributed by atoms with van der Waals surface area (Å²) in [5.41, 5.74) is 1.59. The zero-order valence-electron chi connectivity index (χ0n) is 17.1. The molecule has 0 radical (unpaired) electrons. The van der Waals surface area contributed by atoms with Gasteiger partial charge in [-0.1, -0.05) is 25.0 Å². The van der Waals surface area contributed by atoms with Crippen LogP contribution in [-0.4, -0.2) is 32.1 Å². The van der Waals surface area contributed by atoms with Gasteiger partial charge in [0.15, 0.2) is 6.10 Å². The van der Waals surface area contributed by atoms with Crippen molar-refractivity contribution in [3.8, 4) is 0 Å². The van der Waals surface area contributed by atoms with Crippen LogP contribution >= 0.6 is 0 Å². The van der Waals surface area contributed by atoms with Crippen molar-refractivity contribution in [1.29, 1.82) is 0 Å². The fraction of sp³-hybridized carbons (Fsp3) is 0.391. The van der Waals surface area contributed by atoms with Crippen LogP contribution in [0.4, 0.5) is 15.8 Å². The number of halogens is 1. The molecular formula is C23H27FN2O3. The van der Waals surface area contributed by atoms with Crippen molar-refractivity contribution in [2.75, 3.05) is 24.3 Å². The zero-order valence-corrected chi connectivity index (χ0v) is 17.1. The molecule has 1 aliphatic rings. The van der Waals surface area contributed by atoms with Crippen LogP contribution in [0.1, 0.15) is 38.2 Å². The molecule has 3 rings (SSSR count). The summed E-state index contributed by atoms with van der Waals surface area (Å²) in [6.07, 6.45) is 2.13. The van der Waals surface area contributed by atoms with Gasteiger partial charge < -0.3 is 15.0 Å². The number of benzene rings is 2.